The Morgan fingerprint density at radius 1 is 1.56 bits per heavy atom. The van der Waals surface area contributed by atoms with E-state index in [1.54, 1.807) is 0 Å². The second-order valence-electron chi connectivity index (χ2n) is 3.48. The number of carboxylic acid groups (broad SMARTS) is 1. The first-order chi connectivity index (χ1) is 7.49. The molecule has 0 aromatic rings. The molecule has 1 heterocycles. The van der Waals surface area contributed by atoms with Crippen molar-refractivity contribution in [1.29, 1.82) is 0 Å². The molecule has 1 unspecified atom stereocenters. The molecule has 2 amide bonds. The minimum Gasteiger partial charge on any atom is -0.480 e. The van der Waals surface area contributed by atoms with E-state index in [0.717, 1.165) is 11.0 Å². The van der Waals surface area contributed by atoms with Gasteiger partial charge in [0.15, 0.2) is 0 Å². The topological polar surface area (TPSA) is 83.9 Å². The maximum absolute atomic E-state index is 11.6. The quantitative estimate of drug-likeness (QED) is 0.657. The summed E-state index contributed by atoms with van der Waals surface area (Å²) in [6.07, 6.45) is 1.23. The van der Waals surface area contributed by atoms with Crippen molar-refractivity contribution in [3.05, 3.63) is 11.6 Å². The Labute approximate surface area is 92.5 Å². The Hall–Kier alpha value is -1.69. The van der Waals surface area contributed by atoms with Crippen molar-refractivity contribution in [3.63, 3.8) is 0 Å². The van der Waals surface area contributed by atoms with Gasteiger partial charge in [-0.3, -0.25) is 14.5 Å². The van der Waals surface area contributed by atoms with E-state index in [4.69, 9.17) is 9.84 Å². The third-order valence-electron chi connectivity index (χ3n) is 2.33. The average molecular weight is 227 g/mol. The standard InChI is InChI=1S/C10H13NO5/c1-6-5-8(12)11(9(6)13)7(10(14)15)3-4-16-2/h5,7H,3-4H2,1-2H3,(H,14,15). The van der Waals surface area contributed by atoms with Crippen molar-refractivity contribution < 1.29 is 24.2 Å². The lowest BCUT2D eigenvalue weighted by Gasteiger charge is -2.22. The molecule has 0 aromatic heterocycles. The Balaban J connectivity index is 2.84. The number of ether oxygens (including phenoxy) is 1. The lowest BCUT2D eigenvalue weighted by atomic mass is 10.2. The van der Waals surface area contributed by atoms with Crippen molar-refractivity contribution in [2.24, 2.45) is 0 Å². The summed E-state index contributed by atoms with van der Waals surface area (Å²) in [6, 6.07) is -1.16. The molecule has 1 atom stereocenters. The molecule has 1 aliphatic heterocycles. The number of methoxy groups -OCH3 is 1. The van der Waals surface area contributed by atoms with Crippen molar-refractivity contribution in [2.45, 2.75) is 19.4 Å². The van der Waals surface area contributed by atoms with Gasteiger partial charge in [0.25, 0.3) is 11.8 Å². The second kappa shape index (κ2) is 4.89. The molecule has 1 N–H and O–H groups in total. The van der Waals surface area contributed by atoms with E-state index in [2.05, 4.69) is 0 Å². The fourth-order valence-corrected chi connectivity index (χ4v) is 1.49. The zero-order valence-electron chi connectivity index (χ0n) is 9.10. The van der Waals surface area contributed by atoms with Gasteiger partial charge < -0.3 is 9.84 Å². The number of carbonyl (C=O) groups is 3. The highest BCUT2D eigenvalue weighted by Crippen LogP contribution is 2.17. The second-order valence-corrected chi connectivity index (χ2v) is 3.48. The first-order valence-corrected chi connectivity index (χ1v) is 4.76. The van der Waals surface area contributed by atoms with Crippen LogP contribution in [0.15, 0.2) is 11.6 Å². The number of rotatable bonds is 5. The third-order valence-corrected chi connectivity index (χ3v) is 2.33. The summed E-state index contributed by atoms with van der Waals surface area (Å²) in [5, 5.41) is 8.96. The normalized spacial score (nSPS) is 17.6. The minimum absolute atomic E-state index is 0.0877. The zero-order chi connectivity index (χ0) is 12.3. The predicted molar refractivity (Wildman–Crippen MR) is 53.5 cm³/mol. The largest absolute Gasteiger partial charge is 0.480 e. The molecule has 6 heteroatoms. The summed E-state index contributed by atoms with van der Waals surface area (Å²) in [7, 11) is 1.43. The maximum Gasteiger partial charge on any atom is 0.327 e. The summed E-state index contributed by atoms with van der Waals surface area (Å²) < 4.78 is 4.75. The molecular formula is C10H13NO5. The molecule has 6 nitrogen and oxygen atoms in total. The first-order valence-electron chi connectivity index (χ1n) is 4.76. The number of nitrogens with zero attached hydrogens (tertiary/aromatic N) is 1. The van der Waals surface area contributed by atoms with Crippen LogP contribution in [0.3, 0.4) is 0 Å². The molecule has 0 aliphatic carbocycles. The van der Waals surface area contributed by atoms with Crippen LogP contribution in [0, 0.1) is 0 Å². The molecule has 0 aromatic carbocycles. The van der Waals surface area contributed by atoms with Gasteiger partial charge in [0.1, 0.15) is 6.04 Å². The lowest BCUT2D eigenvalue weighted by molar-refractivity contribution is -0.154. The van der Waals surface area contributed by atoms with Crippen molar-refractivity contribution in [2.75, 3.05) is 13.7 Å². The van der Waals surface area contributed by atoms with E-state index in [1.807, 2.05) is 0 Å². The van der Waals surface area contributed by atoms with E-state index in [1.165, 1.54) is 14.0 Å². The summed E-state index contributed by atoms with van der Waals surface area (Å²) in [5.74, 6) is -2.33. The zero-order valence-corrected chi connectivity index (χ0v) is 9.10. The van der Waals surface area contributed by atoms with Crippen LogP contribution in [-0.2, 0) is 19.1 Å². The molecule has 1 aliphatic rings. The van der Waals surface area contributed by atoms with E-state index in [0.29, 0.717) is 0 Å². The number of amides is 2. The fourth-order valence-electron chi connectivity index (χ4n) is 1.49. The molecule has 16 heavy (non-hydrogen) atoms. The number of carboxylic acids is 1. The molecule has 0 fully saturated rings. The van der Waals surface area contributed by atoms with Crippen LogP contribution in [0.25, 0.3) is 0 Å². The van der Waals surface area contributed by atoms with Crippen LogP contribution >= 0.6 is 0 Å². The molecule has 0 saturated carbocycles. The number of hydrogen-bond donors (Lipinski definition) is 1. The van der Waals surface area contributed by atoms with Gasteiger partial charge in [-0.1, -0.05) is 0 Å². The number of hydrogen-bond acceptors (Lipinski definition) is 4. The summed E-state index contributed by atoms with van der Waals surface area (Å²) in [6.45, 7) is 1.66. The smallest absolute Gasteiger partial charge is 0.327 e. The monoisotopic (exact) mass is 227 g/mol. The van der Waals surface area contributed by atoms with Gasteiger partial charge in [0.2, 0.25) is 0 Å². The van der Waals surface area contributed by atoms with Gasteiger partial charge >= 0.3 is 5.97 Å². The minimum atomic E-state index is -1.21. The Kier molecular flexibility index (Phi) is 3.78. The van der Waals surface area contributed by atoms with Crippen molar-refractivity contribution in [3.8, 4) is 0 Å². The summed E-state index contributed by atoms with van der Waals surface area (Å²) in [4.78, 5) is 34.7. The molecule has 1 rings (SSSR count). The van der Waals surface area contributed by atoms with Gasteiger partial charge in [-0.2, -0.15) is 0 Å². The molecular weight excluding hydrogens is 214 g/mol. The van der Waals surface area contributed by atoms with E-state index >= 15 is 0 Å². The average Bonchev–Trinajstić information content (AvgIpc) is 2.44. The Bertz CT molecular complexity index is 360. The van der Waals surface area contributed by atoms with Gasteiger partial charge in [0, 0.05) is 31.8 Å². The van der Waals surface area contributed by atoms with Crippen molar-refractivity contribution in [1.82, 2.24) is 4.90 Å². The molecule has 0 spiro atoms. The highest BCUT2D eigenvalue weighted by atomic mass is 16.5. The Morgan fingerprint density at radius 3 is 2.56 bits per heavy atom. The van der Waals surface area contributed by atoms with Crippen molar-refractivity contribution >= 4 is 17.8 Å². The molecule has 0 saturated heterocycles. The van der Waals surface area contributed by atoms with Gasteiger partial charge in [-0.15, -0.1) is 0 Å². The van der Waals surface area contributed by atoms with E-state index in [-0.39, 0.29) is 18.6 Å². The summed E-state index contributed by atoms with van der Waals surface area (Å²) >= 11 is 0. The van der Waals surface area contributed by atoms with Gasteiger partial charge in [-0.25, -0.2) is 4.79 Å². The highest BCUT2D eigenvalue weighted by Gasteiger charge is 2.38. The molecule has 0 radical (unpaired) electrons. The number of imide groups is 1. The number of carbonyl (C=O) groups excluding carboxylic acids is 2. The first kappa shape index (κ1) is 12.4. The predicted octanol–water partition coefficient (Wildman–Crippen LogP) is -0.209. The van der Waals surface area contributed by atoms with Crippen LogP contribution in [0.1, 0.15) is 13.3 Å². The van der Waals surface area contributed by atoms with Gasteiger partial charge in [0.05, 0.1) is 0 Å². The maximum atomic E-state index is 11.6. The number of aliphatic carboxylic acids is 1. The van der Waals surface area contributed by atoms with Crippen LogP contribution in [-0.4, -0.2) is 47.5 Å². The van der Waals surface area contributed by atoms with Gasteiger partial charge in [-0.05, 0) is 6.92 Å². The lowest BCUT2D eigenvalue weighted by Crippen LogP contribution is -2.46. The van der Waals surface area contributed by atoms with Crippen LogP contribution in [0.2, 0.25) is 0 Å². The Morgan fingerprint density at radius 2 is 2.19 bits per heavy atom. The van der Waals surface area contributed by atoms with E-state index in [9.17, 15) is 14.4 Å². The third kappa shape index (κ3) is 2.27. The summed E-state index contributed by atoms with van der Waals surface area (Å²) in [5.41, 5.74) is 0.258. The SMILES string of the molecule is COCCC(C(=O)O)N1C(=O)C=C(C)C1=O. The fraction of sp³-hybridized carbons (Fsp3) is 0.500. The van der Waals surface area contributed by atoms with Crippen LogP contribution in [0.4, 0.5) is 0 Å². The highest BCUT2D eigenvalue weighted by molar-refractivity contribution is 6.17. The molecule has 0 bridgehead atoms. The van der Waals surface area contributed by atoms with E-state index < -0.39 is 23.8 Å². The molecule has 88 valence electrons. The van der Waals surface area contributed by atoms with Crippen LogP contribution < -0.4 is 0 Å². The van der Waals surface area contributed by atoms with Crippen LogP contribution in [0.5, 0.6) is 0 Å².